The average molecular weight is 328 g/mol. The van der Waals surface area contributed by atoms with E-state index in [0.717, 1.165) is 0 Å². The molecule has 0 N–H and O–H groups in total. The van der Waals surface area contributed by atoms with Crippen molar-refractivity contribution in [1.82, 2.24) is 4.90 Å². The van der Waals surface area contributed by atoms with Gasteiger partial charge in [0.05, 0.1) is 0 Å². The van der Waals surface area contributed by atoms with Gasteiger partial charge in [-0.2, -0.15) is 0 Å². The molecule has 1 atom stereocenters. The SMILES string of the molecule is Br.CCCC.O=[N+]([O-])CC1CCN(C[N+](=O)[O-])C1. The minimum atomic E-state index is -0.408. The summed E-state index contributed by atoms with van der Waals surface area (Å²) in [5.41, 5.74) is 0. The molecule has 0 saturated carbocycles. The summed E-state index contributed by atoms with van der Waals surface area (Å²) in [7, 11) is 0. The second-order valence-electron chi connectivity index (χ2n) is 4.22. The summed E-state index contributed by atoms with van der Waals surface area (Å²) in [4.78, 5) is 21.1. The summed E-state index contributed by atoms with van der Waals surface area (Å²) >= 11 is 0. The van der Waals surface area contributed by atoms with Gasteiger partial charge in [-0.1, -0.05) is 26.7 Å². The molecular weight excluding hydrogens is 306 g/mol. The largest absolute Gasteiger partial charge is 0.265 e. The maximum absolute atomic E-state index is 10.1. The highest BCUT2D eigenvalue weighted by atomic mass is 79.9. The smallest absolute Gasteiger partial charge is 0.259 e. The lowest BCUT2D eigenvalue weighted by Gasteiger charge is -2.08. The molecule has 1 unspecified atom stereocenters. The van der Waals surface area contributed by atoms with Gasteiger partial charge in [0.1, 0.15) is 0 Å². The fourth-order valence-corrected chi connectivity index (χ4v) is 1.56. The van der Waals surface area contributed by atoms with E-state index in [1.807, 2.05) is 0 Å². The third-order valence-corrected chi connectivity index (χ3v) is 2.59. The van der Waals surface area contributed by atoms with Crippen LogP contribution in [0.5, 0.6) is 0 Å². The zero-order chi connectivity index (χ0) is 13.3. The third-order valence-electron chi connectivity index (χ3n) is 2.59. The van der Waals surface area contributed by atoms with Gasteiger partial charge in [-0.3, -0.25) is 20.2 Å². The first-order valence-corrected chi connectivity index (χ1v) is 5.95. The predicted octanol–water partition coefficient (Wildman–Crippen LogP) is 2.20. The maximum Gasteiger partial charge on any atom is 0.259 e. The molecule has 7 nitrogen and oxygen atoms in total. The van der Waals surface area contributed by atoms with E-state index in [2.05, 4.69) is 13.8 Å². The molecule has 1 aliphatic rings. The van der Waals surface area contributed by atoms with Crippen molar-refractivity contribution in [3.63, 3.8) is 0 Å². The summed E-state index contributed by atoms with van der Waals surface area (Å²) in [6, 6.07) is 0. The van der Waals surface area contributed by atoms with Gasteiger partial charge in [0, 0.05) is 28.9 Å². The maximum atomic E-state index is 10.1. The van der Waals surface area contributed by atoms with Gasteiger partial charge in [0.2, 0.25) is 6.54 Å². The van der Waals surface area contributed by atoms with Crippen LogP contribution in [-0.2, 0) is 0 Å². The van der Waals surface area contributed by atoms with Crippen LogP contribution in [-0.4, -0.2) is 41.0 Å². The molecule has 0 bridgehead atoms. The number of unbranched alkanes of at least 4 members (excludes halogenated alkanes) is 1. The summed E-state index contributed by atoms with van der Waals surface area (Å²) in [5.74, 6) is -0.0186. The van der Waals surface area contributed by atoms with Gasteiger partial charge in [-0.25, -0.2) is 4.90 Å². The Morgan fingerprint density at radius 3 is 2.11 bits per heavy atom. The van der Waals surface area contributed by atoms with Crippen molar-refractivity contribution in [2.45, 2.75) is 33.1 Å². The summed E-state index contributed by atoms with van der Waals surface area (Å²) in [6.07, 6.45) is 3.33. The zero-order valence-corrected chi connectivity index (χ0v) is 12.6. The highest BCUT2D eigenvalue weighted by Crippen LogP contribution is 2.15. The predicted molar refractivity (Wildman–Crippen MR) is 74.3 cm³/mol. The topological polar surface area (TPSA) is 89.5 Å². The van der Waals surface area contributed by atoms with Crippen LogP contribution in [0.3, 0.4) is 0 Å². The van der Waals surface area contributed by atoms with Gasteiger partial charge in [-0.05, 0) is 6.42 Å². The Morgan fingerprint density at radius 2 is 1.72 bits per heavy atom. The fraction of sp³-hybridized carbons (Fsp3) is 1.00. The summed E-state index contributed by atoms with van der Waals surface area (Å²) in [6.45, 7) is 5.16. The van der Waals surface area contributed by atoms with Crippen LogP contribution in [0.15, 0.2) is 0 Å². The van der Waals surface area contributed by atoms with Gasteiger partial charge in [0.15, 0.2) is 0 Å². The molecule has 18 heavy (non-hydrogen) atoms. The van der Waals surface area contributed by atoms with Crippen molar-refractivity contribution in [2.24, 2.45) is 5.92 Å². The second kappa shape index (κ2) is 11.3. The Kier molecular flexibility index (Phi) is 12.3. The molecule has 1 aliphatic heterocycles. The number of rotatable bonds is 5. The van der Waals surface area contributed by atoms with Gasteiger partial charge in [0.25, 0.3) is 6.67 Å². The normalized spacial score (nSPS) is 18.4. The number of halogens is 1. The quantitative estimate of drug-likeness (QED) is 0.570. The Morgan fingerprint density at radius 1 is 1.17 bits per heavy atom. The average Bonchev–Trinajstić information content (AvgIpc) is 2.64. The number of hydrogen-bond acceptors (Lipinski definition) is 5. The van der Waals surface area contributed by atoms with Crippen LogP contribution in [0.1, 0.15) is 33.1 Å². The lowest BCUT2D eigenvalue weighted by atomic mass is 10.1. The van der Waals surface area contributed by atoms with E-state index in [4.69, 9.17) is 0 Å². The van der Waals surface area contributed by atoms with E-state index < -0.39 is 4.92 Å². The standard InChI is InChI=1S/C6H11N3O4.C4H10.BrH/c10-8(11)4-6-1-2-7(3-6)5-9(12)13;1-3-4-2;/h6H,1-5H2;3-4H2,1-2H3;1H. The number of likely N-dealkylation sites (tertiary alicyclic amines) is 1. The van der Waals surface area contributed by atoms with Crippen molar-refractivity contribution in [3.8, 4) is 0 Å². The molecule has 108 valence electrons. The van der Waals surface area contributed by atoms with Crippen LogP contribution >= 0.6 is 17.0 Å². The Labute approximate surface area is 118 Å². The van der Waals surface area contributed by atoms with Crippen molar-refractivity contribution in [1.29, 1.82) is 0 Å². The van der Waals surface area contributed by atoms with Crippen molar-refractivity contribution >= 4 is 17.0 Å². The molecule has 1 rings (SSSR count). The molecular formula is C10H22BrN3O4. The monoisotopic (exact) mass is 327 g/mol. The summed E-state index contributed by atoms with van der Waals surface area (Å²) < 4.78 is 0. The van der Waals surface area contributed by atoms with Crippen molar-refractivity contribution in [3.05, 3.63) is 20.2 Å². The van der Waals surface area contributed by atoms with E-state index in [1.165, 1.54) is 12.8 Å². The van der Waals surface area contributed by atoms with Crippen molar-refractivity contribution < 1.29 is 9.85 Å². The molecule has 0 aromatic carbocycles. The first-order valence-electron chi connectivity index (χ1n) is 5.95. The van der Waals surface area contributed by atoms with Crippen LogP contribution in [0, 0.1) is 26.1 Å². The Hall–Kier alpha value is -0.760. The lowest BCUT2D eigenvalue weighted by Crippen LogP contribution is -2.28. The summed E-state index contributed by atoms with van der Waals surface area (Å²) in [5, 5.41) is 20.3. The van der Waals surface area contributed by atoms with Crippen LogP contribution in [0.25, 0.3) is 0 Å². The zero-order valence-electron chi connectivity index (χ0n) is 10.9. The fourth-order valence-electron chi connectivity index (χ4n) is 1.56. The first kappa shape index (κ1) is 19.6. The molecule has 0 spiro atoms. The molecule has 0 amide bonds. The highest BCUT2D eigenvalue weighted by molar-refractivity contribution is 8.93. The second-order valence-corrected chi connectivity index (χ2v) is 4.22. The van der Waals surface area contributed by atoms with E-state index in [9.17, 15) is 20.2 Å². The van der Waals surface area contributed by atoms with E-state index >= 15 is 0 Å². The van der Waals surface area contributed by atoms with E-state index in [1.54, 1.807) is 4.90 Å². The first-order chi connectivity index (χ1) is 7.99. The van der Waals surface area contributed by atoms with Crippen molar-refractivity contribution in [2.75, 3.05) is 26.3 Å². The molecule has 0 aromatic rings. The molecule has 8 heteroatoms. The van der Waals surface area contributed by atoms with Crippen LogP contribution < -0.4 is 0 Å². The lowest BCUT2D eigenvalue weighted by molar-refractivity contribution is -0.504. The molecule has 1 fully saturated rings. The van der Waals surface area contributed by atoms with Crippen LogP contribution in [0.4, 0.5) is 0 Å². The van der Waals surface area contributed by atoms with Crippen LogP contribution in [0.2, 0.25) is 0 Å². The molecule has 1 saturated heterocycles. The van der Waals surface area contributed by atoms with Gasteiger partial charge in [-0.15, -0.1) is 17.0 Å². The molecule has 0 radical (unpaired) electrons. The number of nitrogens with zero attached hydrogens (tertiary/aromatic N) is 3. The molecule has 0 aromatic heterocycles. The van der Waals surface area contributed by atoms with Gasteiger partial charge < -0.3 is 0 Å². The minimum absolute atomic E-state index is 0. The highest BCUT2D eigenvalue weighted by Gasteiger charge is 2.28. The molecule has 1 heterocycles. The Balaban J connectivity index is 0. The van der Waals surface area contributed by atoms with Gasteiger partial charge >= 0.3 is 0 Å². The number of nitro groups is 2. The minimum Gasteiger partial charge on any atom is -0.265 e. The third kappa shape index (κ3) is 10.4. The Bertz CT molecular complexity index is 229. The molecule has 0 aliphatic carbocycles. The van der Waals surface area contributed by atoms with E-state index in [0.29, 0.717) is 19.5 Å². The number of hydrogen-bond donors (Lipinski definition) is 0. The van der Waals surface area contributed by atoms with E-state index in [-0.39, 0.29) is 41.0 Å².